The Morgan fingerprint density at radius 2 is 2.42 bits per heavy atom. The number of H-pyrrole nitrogens is 1. The molecule has 0 amide bonds. The van der Waals surface area contributed by atoms with Crippen molar-refractivity contribution in [3.63, 3.8) is 0 Å². The number of nitrogens with zero attached hydrogens (tertiary/aromatic N) is 1. The molecule has 1 unspecified atom stereocenters. The zero-order valence-electron chi connectivity index (χ0n) is 10.4. The summed E-state index contributed by atoms with van der Waals surface area (Å²) in [5.41, 5.74) is 1.77. The highest BCUT2D eigenvalue weighted by Gasteiger charge is 2.34. The number of aromatic nitrogens is 2. The Labute approximate surface area is 114 Å². The van der Waals surface area contributed by atoms with Crippen LogP contribution in [0.2, 0.25) is 0 Å². The van der Waals surface area contributed by atoms with Gasteiger partial charge in [-0.15, -0.1) is 11.3 Å². The third-order valence-electron chi connectivity index (χ3n) is 3.28. The van der Waals surface area contributed by atoms with Crippen molar-refractivity contribution in [3.8, 4) is 11.3 Å². The molecular formula is C13H14N2O3S. The molecule has 6 heteroatoms. The maximum absolute atomic E-state index is 10.8. The lowest BCUT2D eigenvalue weighted by molar-refractivity contribution is 0.0691. The molecule has 0 aromatic carbocycles. The molecule has 2 N–H and O–H groups in total. The second kappa shape index (κ2) is 4.79. The van der Waals surface area contributed by atoms with Crippen molar-refractivity contribution in [2.24, 2.45) is 5.92 Å². The van der Waals surface area contributed by atoms with Crippen LogP contribution < -0.4 is 0 Å². The Bertz CT molecular complexity index is 601. The van der Waals surface area contributed by atoms with Gasteiger partial charge in [-0.1, -0.05) is 0 Å². The zero-order chi connectivity index (χ0) is 13.4. The lowest BCUT2D eigenvalue weighted by Crippen LogP contribution is -2.02. The number of hydrogen-bond donors (Lipinski definition) is 2. The molecule has 0 radical (unpaired) electrons. The highest BCUT2D eigenvalue weighted by molar-refractivity contribution is 7.10. The highest BCUT2D eigenvalue weighted by atomic mass is 32.1. The highest BCUT2D eigenvalue weighted by Crippen LogP contribution is 2.44. The number of aromatic carboxylic acids is 1. The molecule has 3 rings (SSSR count). The van der Waals surface area contributed by atoms with Gasteiger partial charge in [0.05, 0.1) is 5.69 Å². The second-order valence-corrected chi connectivity index (χ2v) is 5.56. The van der Waals surface area contributed by atoms with Gasteiger partial charge in [0.1, 0.15) is 16.8 Å². The van der Waals surface area contributed by atoms with Crippen LogP contribution in [0.4, 0.5) is 0 Å². The molecule has 1 aliphatic rings. The smallest absolute Gasteiger partial charge is 0.352 e. The van der Waals surface area contributed by atoms with Crippen molar-refractivity contribution >= 4 is 17.3 Å². The first-order chi connectivity index (χ1) is 9.19. The number of aromatic amines is 1. The minimum Gasteiger partial charge on any atom is -0.477 e. The normalized spacial score (nSPS) is 16.5. The van der Waals surface area contributed by atoms with E-state index in [1.54, 1.807) is 30.7 Å². The van der Waals surface area contributed by atoms with Crippen molar-refractivity contribution in [2.75, 3.05) is 7.11 Å². The largest absolute Gasteiger partial charge is 0.477 e. The molecule has 1 atom stereocenters. The van der Waals surface area contributed by atoms with Gasteiger partial charge >= 0.3 is 5.97 Å². The molecule has 100 valence electrons. The summed E-state index contributed by atoms with van der Waals surface area (Å²) in [6.07, 6.45) is 4.14. The first-order valence-corrected chi connectivity index (χ1v) is 6.97. The van der Waals surface area contributed by atoms with E-state index in [4.69, 9.17) is 9.84 Å². The molecular weight excluding hydrogens is 264 g/mol. The molecule has 19 heavy (non-hydrogen) atoms. The average Bonchev–Trinajstić information content (AvgIpc) is 2.93. The molecule has 0 bridgehead atoms. The van der Waals surface area contributed by atoms with Crippen LogP contribution in [0.1, 0.15) is 34.4 Å². The Hall–Kier alpha value is -1.66. The Morgan fingerprint density at radius 1 is 1.63 bits per heavy atom. The van der Waals surface area contributed by atoms with E-state index in [0.29, 0.717) is 5.92 Å². The van der Waals surface area contributed by atoms with Gasteiger partial charge in [0, 0.05) is 24.3 Å². The number of methoxy groups -OCH3 is 1. The first kappa shape index (κ1) is 12.4. The van der Waals surface area contributed by atoms with Crippen LogP contribution in [-0.4, -0.2) is 28.2 Å². The van der Waals surface area contributed by atoms with Gasteiger partial charge in [-0.25, -0.2) is 9.78 Å². The van der Waals surface area contributed by atoms with Gasteiger partial charge in [0.25, 0.3) is 0 Å². The van der Waals surface area contributed by atoms with Gasteiger partial charge in [-0.05, 0) is 24.8 Å². The molecule has 0 spiro atoms. The van der Waals surface area contributed by atoms with Gasteiger partial charge in [0.15, 0.2) is 0 Å². The quantitative estimate of drug-likeness (QED) is 0.881. The molecule has 5 nitrogen and oxygen atoms in total. The fourth-order valence-electron chi connectivity index (χ4n) is 2.11. The number of nitrogens with one attached hydrogen (secondary N) is 1. The fourth-order valence-corrected chi connectivity index (χ4v) is 3.11. The second-order valence-electron chi connectivity index (χ2n) is 4.67. The number of carbonyl (C=O) groups is 1. The Morgan fingerprint density at radius 3 is 3.00 bits per heavy atom. The van der Waals surface area contributed by atoms with Crippen LogP contribution >= 0.6 is 11.3 Å². The van der Waals surface area contributed by atoms with Crippen LogP contribution in [0.3, 0.4) is 0 Å². The number of thiazole rings is 1. The lowest BCUT2D eigenvalue weighted by atomic mass is 10.2. The van der Waals surface area contributed by atoms with Gasteiger partial charge in [-0.2, -0.15) is 0 Å². The topological polar surface area (TPSA) is 75.2 Å². The van der Waals surface area contributed by atoms with Crippen molar-refractivity contribution in [1.29, 1.82) is 0 Å². The van der Waals surface area contributed by atoms with E-state index in [1.165, 1.54) is 12.8 Å². The van der Waals surface area contributed by atoms with E-state index < -0.39 is 5.97 Å². The molecule has 1 aliphatic carbocycles. The predicted octanol–water partition coefficient (Wildman–Crippen LogP) is 2.93. The summed E-state index contributed by atoms with van der Waals surface area (Å²) in [6, 6.07) is 1.60. The molecule has 1 fully saturated rings. The monoisotopic (exact) mass is 278 g/mol. The molecule has 2 aromatic heterocycles. The van der Waals surface area contributed by atoms with Crippen molar-refractivity contribution in [2.45, 2.75) is 18.9 Å². The third kappa shape index (κ3) is 2.41. The van der Waals surface area contributed by atoms with Crippen molar-refractivity contribution in [1.82, 2.24) is 9.97 Å². The molecule has 2 heterocycles. The summed E-state index contributed by atoms with van der Waals surface area (Å²) in [5.74, 6) is -0.376. The minimum absolute atomic E-state index is 0.0802. The zero-order valence-corrected chi connectivity index (χ0v) is 11.2. The van der Waals surface area contributed by atoms with E-state index in [2.05, 4.69) is 9.97 Å². The summed E-state index contributed by atoms with van der Waals surface area (Å²) in [4.78, 5) is 18.1. The van der Waals surface area contributed by atoms with Gasteiger partial charge in [-0.3, -0.25) is 0 Å². The number of rotatable bonds is 5. The molecule has 2 aromatic rings. The Balaban J connectivity index is 1.85. The number of hydrogen-bond acceptors (Lipinski definition) is 4. The van der Waals surface area contributed by atoms with Crippen LogP contribution in [0.15, 0.2) is 17.6 Å². The summed E-state index contributed by atoms with van der Waals surface area (Å²) in [5, 5.41) is 11.8. The minimum atomic E-state index is -0.963. The van der Waals surface area contributed by atoms with Crippen molar-refractivity contribution in [3.05, 3.63) is 28.3 Å². The molecule has 1 saturated carbocycles. The Kier molecular flexibility index (Phi) is 3.12. The van der Waals surface area contributed by atoms with Crippen molar-refractivity contribution < 1.29 is 14.6 Å². The summed E-state index contributed by atoms with van der Waals surface area (Å²) in [7, 11) is 1.71. The lowest BCUT2D eigenvalue weighted by Gasteiger charge is -2.10. The standard InChI is InChI=1S/C13H14N2O3S/c1-18-11(7-2-3-7)12-15-10(6-19-12)8-4-9(13(16)17)14-5-8/h4-7,11,14H,2-3H2,1H3,(H,16,17). The van der Waals surface area contributed by atoms with E-state index in [9.17, 15) is 4.79 Å². The summed E-state index contributed by atoms with van der Waals surface area (Å²) in [6.45, 7) is 0. The summed E-state index contributed by atoms with van der Waals surface area (Å²) < 4.78 is 5.50. The third-order valence-corrected chi connectivity index (χ3v) is 4.18. The maximum atomic E-state index is 10.8. The van der Waals surface area contributed by atoms with Crippen LogP contribution in [0.25, 0.3) is 11.3 Å². The number of ether oxygens (including phenoxy) is 1. The SMILES string of the molecule is COC(c1nc(-c2c[nH]c(C(=O)O)c2)cs1)C1CC1. The summed E-state index contributed by atoms with van der Waals surface area (Å²) >= 11 is 1.57. The molecule has 0 aliphatic heterocycles. The maximum Gasteiger partial charge on any atom is 0.352 e. The van der Waals surface area contributed by atoms with Crippen LogP contribution in [-0.2, 0) is 4.74 Å². The predicted molar refractivity (Wildman–Crippen MR) is 71.3 cm³/mol. The first-order valence-electron chi connectivity index (χ1n) is 6.09. The van der Waals surface area contributed by atoms with Crippen LogP contribution in [0.5, 0.6) is 0 Å². The van der Waals surface area contributed by atoms with Crippen LogP contribution in [0, 0.1) is 5.92 Å². The van der Waals surface area contributed by atoms with Gasteiger partial charge < -0.3 is 14.8 Å². The van der Waals surface area contributed by atoms with E-state index in [0.717, 1.165) is 16.3 Å². The van der Waals surface area contributed by atoms with E-state index >= 15 is 0 Å². The fraction of sp³-hybridized carbons (Fsp3) is 0.385. The number of carboxylic acids is 1. The average molecular weight is 278 g/mol. The number of carboxylic acid groups (broad SMARTS) is 1. The van der Waals surface area contributed by atoms with Gasteiger partial charge in [0.2, 0.25) is 0 Å². The molecule has 0 saturated heterocycles. The van der Waals surface area contributed by atoms with E-state index in [1.807, 2.05) is 5.38 Å². The van der Waals surface area contributed by atoms with E-state index in [-0.39, 0.29) is 11.8 Å².